The van der Waals surface area contributed by atoms with Crippen LogP contribution in [0.4, 0.5) is 8.78 Å². The van der Waals surface area contributed by atoms with Crippen LogP contribution in [-0.4, -0.2) is 31.5 Å². The molecule has 0 aliphatic heterocycles. The van der Waals surface area contributed by atoms with E-state index in [-0.39, 0.29) is 25.5 Å². The monoisotopic (exact) mass is 258 g/mol. The molecule has 0 fully saturated rings. The molecule has 0 saturated heterocycles. The van der Waals surface area contributed by atoms with Gasteiger partial charge in [0, 0.05) is 20.6 Å². The molecule has 0 aromatic heterocycles. The number of amides is 1. The number of hydrogen-bond acceptors (Lipinski definition) is 3. The number of benzene rings is 1. The lowest BCUT2D eigenvalue weighted by molar-refractivity contribution is -0.129. The van der Waals surface area contributed by atoms with Gasteiger partial charge in [0.15, 0.2) is 17.4 Å². The summed E-state index contributed by atoms with van der Waals surface area (Å²) >= 11 is 0. The van der Waals surface area contributed by atoms with Gasteiger partial charge >= 0.3 is 0 Å². The lowest BCUT2D eigenvalue weighted by atomic mass is 10.2. The van der Waals surface area contributed by atoms with E-state index < -0.39 is 17.4 Å². The molecule has 6 heteroatoms. The summed E-state index contributed by atoms with van der Waals surface area (Å²) in [5, 5.41) is 0. The van der Waals surface area contributed by atoms with Crippen molar-refractivity contribution in [3.63, 3.8) is 0 Å². The van der Waals surface area contributed by atoms with Gasteiger partial charge in [0.1, 0.15) is 0 Å². The Hall–Kier alpha value is -1.69. The summed E-state index contributed by atoms with van der Waals surface area (Å²) in [6, 6.07) is 2.23. The van der Waals surface area contributed by atoms with Crippen molar-refractivity contribution in [3.8, 4) is 5.75 Å². The van der Waals surface area contributed by atoms with Gasteiger partial charge in [0.2, 0.25) is 5.91 Å². The summed E-state index contributed by atoms with van der Waals surface area (Å²) in [5.74, 6) is -2.27. The van der Waals surface area contributed by atoms with Crippen LogP contribution < -0.4 is 10.5 Å². The highest BCUT2D eigenvalue weighted by Gasteiger charge is 2.13. The fourth-order valence-corrected chi connectivity index (χ4v) is 1.33. The lowest BCUT2D eigenvalue weighted by Gasteiger charge is -2.12. The van der Waals surface area contributed by atoms with Crippen molar-refractivity contribution in [2.75, 3.05) is 20.7 Å². The maximum Gasteiger partial charge on any atom is 0.225 e. The van der Waals surface area contributed by atoms with Crippen LogP contribution in [0.2, 0.25) is 0 Å². The Balaban J connectivity index is 2.65. The largest absolute Gasteiger partial charge is 0.487 e. The molecule has 0 spiro atoms. The molecule has 1 rings (SSSR count). The van der Waals surface area contributed by atoms with E-state index in [4.69, 9.17) is 10.5 Å². The van der Waals surface area contributed by atoms with E-state index in [1.165, 1.54) is 4.90 Å². The van der Waals surface area contributed by atoms with Gasteiger partial charge in [-0.1, -0.05) is 0 Å². The average molecular weight is 258 g/mol. The zero-order valence-corrected chi connectivity index (χ0v) is 10.4. The predicted molar refractivity (Wildman–Crippen MR) is 63.1 cm³/mol. The molecule has 0 atom stereocenters. The van der Waals surface area contributed by atoms with Crippen LogP contribution in [-0.2, 0) is 11.3 Å². The molecule has 0 heterocycles. The SMILES string of the molecule is CN(C)C(=O)CCOc1c(F)cc(CN)cc1F. The van der Waals surface area contributed by atoms with Crippen molar-refractivity contribution >= 4 is 5.91 Å². The van der Waals surface area contributed by atoms with E-state index in [1.54, 1.807) is 14.1 Å². The number of nitrogens with two attached hydrogens (primary N) is 1. The van der Waals surface area contributed by atoms with Gasteiger partial charge in [0.05, 0.1) is 13.0 Å². The molecule has 100 valence electrons. The Kier molecular flexibility index (Phi) is 5.03. The maximum absolute atomic E-state index is 13.5. The first-order chi connectivity index (χ1) is 8.45. The molecular formula is C12H16F2N2O2. The van der Waals surface area contributed by atoms with Crippen molar-refractivity contribution in [2.45, 2.75) is 13.0 Å². The highest BCUT2D eigenvalue weighted by atomic mass is 19.1. The van der Waals surface area contributed by atoms with Crippen molar-refractivity contribution in [2.24, 2.45) is 5.73 Å². The number of nitrogens with zero attached hydrogens (tertiary/aromatic N) is 1. The van der Waals surface area contributed by atoms with E-state index in [1.807, 2.05) is 0 Å². The zero-order valence-electron chi connectivity index (χ0n) is 10.4. The number of halogens is 2. The van der Waals surface area contributed by atoms with Gasteiger partial charge in [0.25, 0.3) is 0 Å². The molecule has 2 N–H and O–H groups in total. The van der Waals surface area contributed by atoms with Crippen molar-refractivity contribution in [1.29, 1.82) is 0 Å². The minimum atomic E-state index is -0.812. The van der Waals surface area contributed by atoms with Gasteiger partial charge in [-0.05, 0) is 17.7 Å². The van der Waals surface area contributed by atoms with Crippen LogP contribution in [0.15, 0.2) is 12.1 Å². The summed E-state index contributed by atoms with van der Waals surface area (Å²) in [6.07, 6.45) is 0.0600. The Bertz CT molecular complexity index is 413. The van der Waals surface area contributed by atoms with Crippen LogP contribution in [0.1, 0.15) is 12.0 Å². The first-order valence-electron chi connectivity index (χ1n) is 5.46. The lowest BCUT2D eigenvalue weighted by Crippen LogP contribution is -2.23. The first kappa shape index (κ1) is 14.4. The van der Waals surface area contributed by atoms with Crippen LogP contribution in [0.25, 0.3) is 0 Å². The van der Waals surface area contributed by atoms with Crippen LogP contribution in [0.3, 0.4) is 0 Å². The Labute approximate surface area is 104 Å². The molecule has 4 nitrogen and oxygen atoms in total. The molecule has 1 amide bonds. The van der Waals surface area contributed by atoms with Gasteiger partial charge in [-0.25, -0.2) is 8.78 Å². The summed E-state index contributed by atoms with van der Waals surface area (Å²) in [5.41, 5.74) is 5.64. The standard InChI is InChI=1S/C12H16F2N2O2/c1-16(2)11(17)3-4-18-12-9(13)5-8(7-15)6-10(12)14/h5-6H,3-4,7,15H2,1-2H3. The molecule has 0 aliphatic carbocycles. The van der Waals surface area contributed by atoms with Crippen molar-refractivity contribution in [1.82, 2.24) is 4.90 Å². The number of rotatable bonds is 5. The molecule has 0 saturated carbocycles. The number of hydrogen-bond donors (Lipinski definition) is 1. The molecule has 1 aromatic carbocycles. The second-order valence-electron chi connectivity index (χ2n) is 3.98. The third-order valence-corrected chi connectivity index (χ3v) is 2.35. The number of carbonyl (C=O) groups is 1. The topological polar surface area (TPSA) is 55.6 Å². The van der Waals surface area contributed by atoms with Crippen LogP contribution in [0, 0.1) is 11.6 Å². The van der Waals surface area contributed by atoms with E-state index in [0.29, 0.717) is 5.56 Å². The van der Waals surface area contributed by atoms with Crippen molar-refractivity contribution in [3.05, 3.63) is 29.3 Å². The third kappa shape index (κ3) is 3.66. The van der Waals surface area contributed by atoms with Crippen molar-refractivity contribution < 1.29 is 18.3 Å². The second-order valence-corrected chi connectivity index (χ2v) is 3.98. The zero-order chi connectivity index (χ0) is 13.7. The second kappa shape index (κ2) is 6.30. The Morgan fingerprint density at radius 3 is 2.33 bits per heavy atom. The fourth-order valence-electron chi connectivity index (χ4n) is 1.33. The molecule has 0 radical (unpaired) electrons. The quantitative estimate of drug-likeness (QED) is 0.865. The molecule has 0 aliphatic rings. The predicted octanol–water partition coefficient (Wildman–Crippen LogP) is 1.28. The fraction of sp³-hybridized carbons (Fsp3) is 0.417. The van der Waals surface area contributed by atoms with Gasteiger partial charge < -0.3 is 15.4 Å². The highest BCUT2D eigenvalue weighted by Crippen LogP contribution is 2.23. The first-order valence-corrected chi connectivity index (χ1v) is 5.46. The van der Waals surface area contributed by atoms with E-state index in [0.717, 1.165) is 12.1 Å². The number of ether oxygens (including phenoxy) is 1. The van der Waals surface area contributed by atoms with E-state index >= 15 is 0 Å². The number of carbonyl (C=O) groups excluding carboxylic acids is 1. The van der Waals surface area contributed by atoms with Crippen LogP contribution >= 0.6 is 0 Å². The minimum absolute atomic E-state index is 0.0488. The normalized spacial score (nSPS) is 10.3. The van der Waals surface area contributed by atoms with E-state index in [9.17, 15) is 13.6 Å². The Morgan fingerprint density at radius 2 is 1.89 bits per heavy atom. The third-order valence-electron chi connectivity index (χ3n) is 2.35. The maximum atomic E-state index is 13.5. The Morgan fingerprint density at radius 1 is 1.33 bits per heavy atom. The summed E-state index contributed by atoms with van der Waals surface area (Å²) < 4.78 is 31.9. The molecule has 1 aromatic rings. The van der Waals surface area contributed by atoms with Crippen LogP contribution in [0.5, 0.6) is 5.75 Å². The highest BCUT2D eigenvalue weighted by molar-refractivity contribution is 5.75. The van der Waals surface area contributed by atoms with Gasteiger partial charge in [-0.15, -0.1) is 0 Å². The molecular weight excluding hydrogens is 242 g/mol. The molecule has 0 unspecified atom stereocenters. The average Bonchev–Trinajstić information content (AvgIpc) is 2.31. The van der Waals surface area contributed by atoms with E-state index in [2.05, 4.69) is 0 Å². The van der Waals surface area contributed by atoms with Gasteiger partial charge in [-0.2, -0.15) is 0 Å². The smallest absolute Gasteiger partial charge is 0.225 e. The summed E-state index contributed by atoms with van der Waals surface area (Å²) in [7, 11) is 3.19. The molecule has 18 heavy (non-hydrogen) atoms. The molecule has 0 bridgehead atoms. The van der Waals surface area contributed by atoms with Gasteiger partial charge in [-0.3, -0.25) is 4.79 Å². The summed E-state index contributed by atoms with van der Waals surface area (Å²) in [4.78, 5) is 12.6. The minimum Gasteiger partial charge on any atom is -0.487 e. The summed E-state index contributed by atoms with van der Waals surface area (Å²) in [6.45, 7) is -0.0277.